The summed E-state index contributed by atoms with van der Waals surface area (Å²) in [5, 5.41) is 13.2. The van der Waals surface area contributed by atoms with Crippen molar-refractivity contribution in [1.82, 2.24) is 10.3 Å². The lowest BCUT2D eigenvalue weighted by Crippen LogP contribution is -2.47. The Balaban J connectivity index is 1.67. The number of hydrogen-bond donors (Lipinski definition) is 3. The summed E-state index contributed by atoms with van der Waals surface area (Å²) in [5.74, 6) is 0.0247. The molecule has 1 fully saturated rings. The molecule has 0 aliphatic heterocycles. The topological polar surface area (TPSA) is 65.1 Å². The van der Waals surface area contributed by atoms with Crippen LogP contribution in [-0.4, -0.2) is 28.1 Å². The fourth-order valence-corrected chi connectivity index (χ4v) is 2.44. The summed E-state index contributed by atoms with van der Waals surface area (Å²) in [4.78, 5) is 15.0. The molecule has 0 atom stereocenters. The summed E-state index contributed by atoms with van der Waals surface area (Å²) < 4.78 is 0. The molecule has 1 aliphatic carbocycles. The maximum absolute atomic E-state index is 11.9. The van der Waals surface area contributed by atoms with Gasteiger partial charge in [-0.25, -0.2) is 0 Å². The Morgan fingerprint density at radius 1 is 1.39 bits per heavy atom. The standard InChI is InChI=1S/C14H16N2O2/c17-11-6-10(7-11)16-14(18)5-9-8-15-13-4-2-1-3-12(9)13/h1-4,8,10-11,15,17H,5-7H2,(H,16,18). The van der Waals surface area contributed by atoms with E-state index in [0.29, 0.717) is 19.3 Å². The minimum atomic E-state index is -0.233. The number of aromatic nitrogens is 1. The second kappa shape index (κ2) is 4.46. The number of H-pyrrole nitrogens is 1. The van der Waals surface area contributed by atoms with Gasteiger partial charge in [0, 0.05) is 23.1 Å². The molecule has 0 unspecified atom stereocenters. The number of fused-ring (bicyclic) bond motifs is 1. The van der Waals surface area contributed by atoms with E-state index in [4.69, 9.17) is 0 Å². The summed E-state index contributed by atoms with van der Waals surface area (Å²) in [5.41, 5.74) is 2.07. The number of carbonyl (C=O) groups is 1. The monoisotopic (exact) mass is 244 g/mol. The molecular weight excluding hydrogens is 228 g/mol. The van der Waals surface area contributed by atoms with Gasteiger partial charge in [-0.15, -0.1) is 0 Å². The first-order valence-corrected chi connectivity index (χ1v) is 6.25. The van der Waals surface area contributed by atoms with E-state index in [1.165, 1.54) is 0 Å². The molecule has 18 heavy (non-hydrogen) atoms. The number of hydrogen-bond acceptors (Lipinski definition) is 2. The molecule has 0 saturated heterocycles. The number of benzene rings is 1. The molecule has 0 radical (unpaired) electrons. The van der Waals surface area contributed by atoms with Crippen LogP contribution in [-0.2, 0) is 11.2 Å². The van der Waals surface area contributed by atoms with Crippen molar-refractivity contribution in [2.75, 3.05) is 0 Å². The van der Waals surface area contributed by atoms with E-state index in [1.807, 2.05) is 30.5 Å². The van der Waals surface area contributed by atoms with Crippen LogP contribution in [0, 0.1) is 0 Å². The normalized spacial score (nSPS) is 22.7. The summed E-state index contributed by atoms with van der Waals surface area (Å²) in [6.45, 7) is 0. The summed E-state index contributed by atoms with van der Waals surface area (Å²) >= 11 is 0. The number of aliphatic hydroxyl groups is 1. The fourth-order valence-electron chi connectivity index (χ4n) is 2.44. The van der Waals surface area contributed by atoms with Gasteiger partial charge in [-0.3, -0.25) is 4.79 Å². The maximum Gasteiger partial charge on any atom is 0.224 e. The molecule has 1 amide bonds. The van der Waals surface area contributed by atoms with Gasteiger partial charge in [0.15, 0.2) is 0 Å². The van der Waals surface area contributed by atoms with Crippen LogP contribution in [0.15, 0.2) is 30.5 Å². The van der Waals surface area contributed by atoms with E-state index in [9.17, 15) is 9.90 Å². The van der Waals surface area contributed by atoms with E-state index >= 15 is 0 Å². The Bertz CT molecular complexity index is 570. The lowest BCUT2D eigenvalue weighted by Gasteiger charge is -2.31. The third kappa shape index (κ3) is 2.11. The Morgan fingerprint density at radius 3 is 2.94 bits per heavy atom. The third-order valence-corrected chi connectivity index (χ3v) is 3.50. The van der Waals surface area contributed by atoms with Crippen LogP contribution in [0.5, 0.6) is 0 Å². The summed E-state index contributed by atoms with van der Waals surface area (Å²) in [6.07, 6.45) is 3.40. The molecule has 1 aliphatic rings. The molecule has 1 aromatic heterocycles. The van der Waals surface area contributed by atoms with E-state index in [-0.39, 0.29) is 18.1 Å². The molecule has 94 valence electrons. The fraction of sp³-hybridized carbons (Fsp3) is 0.357. The first kappa shape index (κ1) is 11.3. The van der Waals surface area contributed by atoms with Gasteiger partial charge in [-0.1, -0.05) is 18.2 Å². The van der Waals surface area contributed by atoms with Crippen molar-refractivity contribution in [2.45, 2.75) is 31.4 Å². The molecule has 4 heteroatoms. The molecule has 4 nitrogen and oxygen atoms in total. The number of rotatable bonds is 3. The van der Waals surface area contributed by atoms with E-state index in [2.05, 4.69) is 10.3 Å². The smallest absolute Gasteiger partial charge is 0.224 e. The van der Waals surface area contributed by atoms with Crippen LogP contribution in [0.1, 0.15) is 18.4 Å². The van der Waals surface area contributed by atoms with Gasteiger partial charge in [-0.2, -0.15) is 0 Å². The highest BCUT2D eigenvalue weighted by Gasteiger charge is 2.28. The molecule has 1 saturated carbocycles. The number of nitrogens with one attached hydrogen (secondary N) is 2. The molecule has 3 rings (SSSR count). The molecule has 3 N–H and O–H groups in total. The Hall–Kier alpha value is -1.81. The average Bonchev–Trinajstić information content (AvgIpc) is 2.71. The summed E-state index contributed by atoms with van der Waals surface area (Å²) in [7, 11) is 0. The lowest BCUT2D eigenvalue weighted by atomic mass is 9.89. The second-order valence-electron chi connectivity index (χ2n) is 4.93. The Morgan fingerprint density at radius 2 is 2.17 bits per heavy atom. The highest BCUT2D eigenvalue weighted by molar-refractivity contribution is 5.88. The van der Waals surface area contributed by atoms with Gasteiger partial charge >= 0.3 is 0 Å². The van der Waals surface area contributed by atoms with Crippen molar-refractivity contribution in [3.05, 3.63) is 36.0 Å². The van der Waals surface area contributed by atoms with Gasteiger partial charge in [-0.05, 0) is 24.5 Å². The van der Waals surface area contributed by atoms with Crippen LogP contribution in [0.3, 0.4) is 0 Å². The quantitative estimate of drug-likeness (QED) is 0.763. The van der Waals surface area contributed by atoms with Crippen molar-refractivity contribution >= 4 is 16.8 Å². The minimum absolute atomic E-state index is 0.0247. The second-order valence-corrected chi connectivity index (χ2v) is 4.93. The molecule has 0 spiro atoms. The number of carbonyl (C=O) groups excluding carboxylic acids is 1. The van der Waals surface area contributed by atoms with Crippen molar-refractivity contribution < 1.29 is 9.90 Å². The Labute approximate surface area is 105 Å². The SMILES string of the molecule is O=C(Cc1c[nH]c2ccccc12)NC1CC(O)C1. The average molecular weight is 244 g/mol. The highest BCUT2D eigenvalue weighted by atomic mass is 16.3. The zero-order valence-corrected chi connectivity index (χ0v) is 10.0. The predicted molar refractivity (Wildman–Crippen MR) is 69.2 cm³/mol. The number of para-hydroxylation sites is 1. The maximum atomic E-state index is 11.9. The van der Waals surface area contributed by atoms with Crippen molar-refractivity contribution in [2.24, 2.45) is 0 Å². The molecule has 2 aromatic rings. The molecule has 1 heterocycles. The first-order valence-electron chi connectivity index (χ1n) is 6.25. The zero-order chi connectivity index (χ0) is 12.5. The molecule has 0 bridgehead atoms. The van der Waals surface area contributed by atoms with Gasteiger partial charge in [0.05, 0.1) is 12.5 Å². The summed E-state index contributed by atoms with van der Waals surface area (Å²) in [6, 6.07) is 8.11. The molecular formula is C14H16N2O2. The number of aromatic amines is 1. The first-order chi connectivity index (χ1) is 8.72. The van der Waals surface area contributed by atoms with Crippen molar-refractivity contribution in [3.8, 4) is 0 Å². The molecule has 1 aromatic carbocycles. The lowest BCUT2D eigenvalue weighted by molar-refractivity contribution is -0.122. The van der Waals surface area contributed by atoms with Gasteiger partial charge in [0.25, 0.3) is 0 Å². The largest absolute Gasteiger partial charge is 0.393 e. The number of aliphatic hydroxyl groups excluding tert-OH is 1. The highest BCUT2D eigenvalue weighted by Crippen LogP contribution is 2.21. The van der Waals surface area contributed by atoms with Crippen LogP contribution < -0.4 is 5.32 Å². The predicted octanol–water partition coefficient (Wildman–Crippen LogP) is 1.35. The van der Waals surface area contributed by atoms with Crippen molar-refractivity contribution in [3.63, 3.8) is 0 Å². The van der Waals surface area contributed by atoms with Gasteiger partial charge in [0.1, 0.15) is 0 Å². The zero-order valence-electron chi connectivity index (χ0n) is 10.0. The van der Waals surface area contributed by atoms with E-state index < -0.39 is 0 Å². The Kier molecular flexibility index (Phi) is 2.80. The van der Waals surface area contributed by atoms with Crippen LogP contribution in [0.4, 0.5) is 0 Å². The number of amides is 1. The van der Waals surface area contributed by atoms with Crippen LogP contribution in [0.25, 0.3) is 10.9 Å². The van der Waals surface area contributed by atoms with Gasteiger partial charge in [0.2, 0.25) is 5.91 Å². The van der Waals surface area contributed by atoms with E-state index in [1.54, 1.807) is 0 Å². The van der Waals surface area contributed by atoms with Crippen LogP contribution in [0.2, 0.25) is 0 Å². The van der Waals surface area contributed by atoms with E-state index in [0.717, 1.165) is 16.5 Å². The van der Waals surface area contributed by atoms with Crippen molar-refractivity contribution in [1.29, 1.82) is 0 Å². The van der Waals surface area contributed by atoms with Gasteiger partial charge < -0.3 is 15.4 Å². The minimum Gasteiger partial charge on any atom is -0.393 e. The third-order valence-electron chi connectivity index (χ3n) is 3.50. The van der Waals surface area contributed by atoms with Crippen LogP contribution >= 0.6 is 0 Å².